The van der Waals surface area contributed by atoms with E-state index in [-0.39, 0.29) is 5.91 Å². The van der Waals surface area contributed by atoms with Crippen LogP contribution in [0.4, 0.5) is 11.4 Å². The van der Waals surface area contributed by atoms with Crippen molar-refractivity contribution in [1.82, 2.24) is 9.55 Å². The number of carbonyl (C=O) groups is 1. The van der Waals surface area contributed by atoms with Gasteiger partial charge in [-0.2, -0.15) is 0 Å². The number of aryl methyl sites for hydroxylation is 1. The van der Waals surface area contributed by atoms with E-state index in [1.165, 1.54) is 0 Å². The second-order valence-corrected chi connectivity index (χ2v) is 7.88. The Morgan fingerprint density at radius 2 is 1.50 bits per heavy atom. The minimum Gasteiger partial charge on any atom is -0.331 e. The summed E-state index contributed by atoms with van der Waals surface area (Å²) in [4.78, 5) is 21.8. The molecule has 1 aromatic heterocycles. The van der Waals surface area contributed by atoms with Gasteiger partial charge in [0.15, 0.2) is 0 Å². The number of para-hydroxylation sites is 4. The molecule has 0 unspecified atom stereocenters. The van der Waals surface area contributed by atoms with E-state index in [0.717, 1.165) is 45.2 Å². The fourth-order valence-electron chi connectivity index (χ4n) is 3.67. The van der Waals surface area contributed by atoms with Gasteiger partial charge in [0.25, 0.3) is 0 Å². The van der Waals surface area contributed by atoms with Gasteiger partial charge in [-0.15, -0.1) is 0 Å². The predicted molar refractivity (Wildman–Crippen MR) is 113 cm³/mol. The highest BCUT2D eigenvalue weighted by Crippen LogP contribution is 2.48. The summed E-state index contributed by atoms with van der Waals surface area (Å²) in [5.74, 6) is 0.129. The van der Waals surface area contributed by atoms with Crippen molar-refractivity contribution in [3.8, 4) is 0 Å². The molecule has 138 valence electrons. The first-order valence-corrected chi connectivity index (χ1v) is 10.2. The lowest BCUT2D eigenvalue weighted by Crippen LogP contribution is -2.28. The minimum absolute atomic E-state index is 0.129. The number of benzene rings is 3. The van der Waals surface area contributed by atoms with Crippen molar-refractivity contribution in [2.75, 3.05) is 4.90 Å². The molecule has 0 radical (unpaired) electrons. The summed E-state index contributed by atoms with van der Waals surface area (Å²) in [6.07, 6.45) is 3.12. The molecule has 0 spiro atoms. The van der Waals surface area contributed by atoms with Crippen LogP contribution < -0.4 is 4.90 Å². The van der Waals surface area contributed by atoms with Crippen LogP contribution in [-0.4, -0.2) is 15.5 Å². The van der Waals surface area contributed by atoms with Crippen LogP contribution in [-0.2, 0) is 11.3 Å². The van der Waals surface area contributed by atoms with Crippen LogP contribution in [0.1, 0.15) is 12.8 Å². The summed E-state index contributed by atoms with van der Waals surface area (Å²) in [7, 11) is 0. The Kier molecular flexibility index (Phi) is 4.37. The van der Waals surface area contributed by atoms with Gasteiger partial charge in [0.2, 0.25) is 5.91 Å². The van der Waals surface area contributed by atoms with Gasteiger partial charge >= 0.3 is 0 Å². The first-order valence-electron chi connectivity index (χ1n) is 9.40. The monoisotopic (exact) mass is 385 g/mol. The molecule has 0 bridgehead atoms. The number of carbonyl (C=O) groups excluding carboxylic acids is 1. The molecule has 4 nitrogen and oxygen atoms in total. The van der Waals surface area contributed by atoms with E-state index in [1.807, 2.05) is 65.8 Å². The molecule has 4 aromatic rings. The fraction of sp³-hybridized carbons (Fsp3) is 0.130. The fourth-order valence-corrected chi connectivity index (χ4v) is 4.73. The number of amides is 1. The number of hydrogen-bond donors (Lipinski definition) is 0. The van der Waals surface area contributed by atoms with Crippen molar-refractivity contribution >= 4 is 40.1 Å². The van der Waals surface area contributed by atoms with Crippen LogP contribution in [0.3, 0.4) is 0 Å². The molecule has 5 rings (SSSR count). The van der Waals surface area contributed by atoms with E-state index in [0.29, 0.717) is 6.42 Å². The number of imidazole rings is 1. The maximum absolute atomic E-state index is 13.2. The molecular formula is C23H19N3OS. The lowest BCUT2D eigenvalue weighted by atomic mass is 10.2. The van der Waals surface area contributed by atoms with E-state index in [2.05, 4.69) is 27.8 Å². The maximum Gasteiger partial charge on any atom is 0.231 e. The Hall–Kier alpha value is -3.05. The molecule has 0 saturated heterocycles. The highest BCUT2D eigenvalue weighted by molar-refractivity contribution is 7.99. The van der Waals surface area contributed by atoms with Gasteiger partial charge in [-0.05, 0) is 42.8 Å². The molecule has 0 atom stereocenters. The summed E-state index contributed by atoms with van der Waals surface area (Å²) in [5, 5.41) is 0. The highest BCUT2D eigenvalue weighted by atomic mass is 32.2. The van der Waals surface area contributed by atoms with Crippen molar-refractivity contribution in [1.29, 1.82) is 0 Å². The molecule has 1 aliphatic heterocycles. The summed E-state index contributed by atoms with van der Waals surface area (Å²) in [6, 6.07) is 24.3. The number of hydrogen-bond acceptors (Lipinski definition) is 3. The lowest BCUT2D eigenvalue weighted by Gasteiger charge is -2.31. The summed E-state index contributed by atoms with van der Waals surface area (Å²) in [6.45, 7) is 0.776. The van der Waals surface area contributed by atoms with Gasteiger partial charge in [0, 0.05) is 22.8 Å². The molecule has 1 aliphatic rings. The topological polar surface area (TPSA) is 38.1 Å². The normalized spacial score (nSPS) is 12.6. The third kappa shape index (κ3) is 2.98. The van der Waals surface area contributed by atoms with E-state index < -0.39 is 0 Å². The smallest absolute Gasteiger partial charge is 0.231 e. The standard InChI is InChI=1S/C23H19N3OS/c27-23(14-7-15-25-16-24-17-8-1-2-9-18(17)25)26-19-10-3-5-12-21(19)28-22-13-6-4-11-20(22)26/h1-6,8-13,16H,7,14-15H2. The summed E-state index contributed by atoms with van der Waals surface area (Å²) in [5.41, 5.74) is 4.05. The number of fused-ring (bicyclic) bond motifs is 3. The molecule has 3 aromatic carbocycles. The first-order chi connectivity index (χ1) is 13.8. The SMILES string of the molecule is O=C(CCCn1cnc2ccccc21)N1c2ccccc2Sc2ccccc21. The van der Waals surface area contributed by atoms with Gasteiger partial charge in [-0.1, -0.05) is 48.2 Å². The lowest BCUT2D eigenvalue weighted by molar-refractivity contribution is -0.118. The quantitative estimate of drug-likeness (QED) is 0.456. The Bertz CT molecular complexity index is 1120. The van der Waals surface area contributed by atoms with E-state index in [1.54, 1.807) is 11.8 Å². The van der Waals surface area contributed by atoms with Gasteiger partial charge in [-0.25, -0.2) is 4.98 Å². The number of anilines is 2. The average molecular weight is 385 g/mol. The molecule has 0 saturated carbocycles. The molecule has 5 heteroatoms. The zero-order valence-corrected chi connectivity index (χ0v) is 16.1. The largest absolute Gasteiger partial charge is 0.331 e. The summed E-state index contributed by atoms with van der Waals surface area (Å²) >= 11 is 1.72. The van der Waals surface area contributed by atoms with Crippen LogP contribution in [0.5, 0.6) is 0 Å². The number of aromatic nitrogens is 2. The van der Waals surface area contributed by atoms with Crippen LogP contribution in [0.25, 0.3) is 11.0 Å². The Labute approximate surface area is 167 Å². The third-order valence-corrected chi connectivity index (χ3v) is 6.13. The van der Waals surface area contributed by atoms with Crippen molar-refractivity contribution in [3.63, 3.8) is 0 Å². The molecule has 0 N–H and O–H groups in total. The van der Waals surface area contributed by atoms with Crippen LogP contribution >= 0.6 is 11.8 Å². The van der Waals surface area contributed by atoms with Crippen molar-refractivity contribution < 1.29 is 4.79 Å². The van der Waals surface area contributed by atoms with Crippen molar-refractivity contribution in [3.05, 3.63) is 79.1 Å². The third-order valence-electron chi connectivity index (χ3n) is 5.00. The maximum atomic E-state index is 13.2. The highest BCUT2D eigenvalue weighted by Gasteiger charge is 2.27. The molecular weight excluding hydrogens is 366 g/mol. The zero-order valence-electron chi connectivity index (χ0n) is 15.3. The van der Waals surface area contributed by atoms with Crippen LogP contribution in [0.2, 0.25) is 0 Å². The Morgan fingerprint density at radius 1 is 0.857 bits per heavy atom. The molecule has 28 heavy (non-hydrogen) atoms. The Morgan fingerprint density at radius 3 is 2.25 bits per heavy atom. The second kappa shape index (κ2) is 7.17. The average Bonchev–Trinajstić information content (AvgIpc) is 3.15. The second-order valence-electron chi connectivity index (χ2n) is 6.80. The van der Waals surface area contributed by atoms with Crippen molar-refractivity contribution in [2.24, 2.45) is 0 Å². The van der Waals surface area contributed by atoms with Gasteiger partial charge < -0.3 is 4.57 Å². The van der Waals surface area contributed by atoms with E-state index >= 15 is 0 Å². The number of nitrogens with zero attached hydrogens (tertiary/aromatic N) is 3. The van der Waals surface area contributed by atoms with E-state index in [9.17, 15) is 4.79 Å². The van der Waals surface area contributed by atoms with Gasteiger partial charge in [0.1, 0.15) is 0 Å². The van der Waals surface area contributed by atoms with Crippen LogP contribution in [0.15, 0.2) is 88.9 Å². The minimum atomic E-state index is 0.129. The molecule has 0 fully saturated rings. The zero-order chi connectivity index (χ0) is 18.9. The van der Waals surface area contributed by atoms with Crippen molar-refractivity contribution in [2.45, 2.75) is 29.2 Å². The van der Waals surface area contributed by atoms with Gasteiger partial charge in [0.05, 0.1) is 28.7 Å². The van der Waals surface area contributed by atoms with Gasteiger partial charge in [-0.3, -0.25) is 9.69 Å². The molecule has 1 amide bonds. The molecule has 0 aliphatic carbocycles. The summed E-state index contributed by atoms with van der Waals surface area (Å²) < 4.78 is 2.12. The Balaban J connectivity index is 1.37. The number of rotatable bonds is 4. The van der Waals surface area contributed by atoms with E-state index in [4.69, 9.17) is 0 Å². The van der Waals surface area contributed by atoms with Crippen LogP contribution in [0, 0.1) is 0 Å². The molecule has 2 heterocycles. The predicted octanol–water partition coefficient (Wildman–Crippen LogP) is 5.65. The first kappa shape index (κ1) is 17.1.